The fourth-order valence-electron chi connectivity index (χ4n) is 5.09. The summed E-state index contributed by atoms with van der Waals surface area (Å²) in [4.78, 5) is 53.4. The van der Waals surface area contributed by atoms with Gasteiger partial charge in [-0.3, -0.25) is 19.1 Å². The predicted molar refractivity (Wildman–Crippen MR) is 130 cm³/mol. The van der Waals surface area contributed by atoms with E-state index in [4.69, 9.17) is 4.74 Å². The predicted octanol–water partition coefficient (Wildman–Crippen LogP) is 1.05. The second kappa shape index (κ2) is 11.4. The van der Waals surface area contributed by atoms with Crippen LogP contribution in [0.15, 0.2) is 12.2 Å². The zero-order valence-electron chi connectivity index (χ0n) is 20.7. The van der Waals surface area contributed by atoms with Crippen LogP contribution in [0, 0.1) is 5.92 Å². The van der Waals surface area contributed by atoms with Gasteiger partial charge in [-0.25, -0.2) is 17.6 Å². The molecule has 2 heterocycles. The van der Waals surface area contributed by atoms with Gasteiger partial charge < -0.3 is 20.3 Å². The average molecular weight is 543 g/mol. The number of rotatable bonds is 6. The highest BCUT2D eigenvalue weighted by Crippen LogP contribution is 2.46. The number of alkyl halides is 1. The summed E-state index contributed by atoms with van der Waals surface area (Å²) in [6.45, 7) is -0.963. The molecule has 11 nitrogen and oxygen atoms in total. The molecule has 4 atom stereocenters. The monoisotopic (exact) mass is 542 g/mol. The second-order valence-corrected chi connectivity index (χ2v) is 12.2. The van der Waals surface area contributed by atoms with Crippen molar-refractivity contribution >= 4 is 33.8 Å². The van der Waals surface area contributed by atoms with Gasteiger partial charge in [0.15, 0.2) is 0 Å². The van der Waals surface area contributed by atoms with Crippen LogP contribution in [0.1, 0.15) is 64.2 Å². The van der Waals surface area contributed by atoms with Crippen molar-refractivity contribution in [3.63, 3.8) is 0 Å². The first-order chi connectivity index (χ1) is 17.7. The lowest BCUT2D eigenvalue weighted by molar-refractivity contribution is -0.141. The van der Waals surface area contributed by atoms with Gasteiger partial charge in [-0.15, -0.1) is 0 Å². The molecule has 3 fully saturated rings. The molecule has 4 aliphatic rings. The quantitative estimate of drug-likeness (QED) is 0.424. The van der Waals surface area contributed by atoms with Gasteiger partial charge >= 0.3 is 6.09 Å². The number of amides is 4. The highest BCUT2D eigenvalue weighted by Gasteiger charge is 2.61. The number of sulfonamides is 1. The Labute approximate surface area is 216 Å². The maximum absolute atomic E-state index is 13.4. The molecule has 2 aliphatic carbocycles. The summed E-state index contributed by atoms with van der Waals surface area (Å²) >= 11 is 0. The van der Waals surface area contributed by atoms with E-state index in [1.54, 1.807) is 0 Å². The van der Waals surface area contributed by atoms with Crippen molar-refractivity contribution in [2.45, 2.75) is 87.1 Å². The van der Waals surface area contributed by atoms with Crippen LogP contribution in [0.25, 0.3) is 0 Å². The maximum atomic E-state index is 13.4. The molecule has 206 valence electrons. The Hall–Kier alpha value is -2.70. The zero-order chi connectivity index (χ0) is 26.6. The largest absolute Gasteiger partial charge is 0.447 e. The van der Waals surface area contributed by atoms with E-state index in [0.29, 0.717) is 51.5 Å². The molecule has 0 bridgehead atoms. The first-order valence-corrected chi connectivity index (χ1v) is 14.6. The van der Waals surface area contributed by atoms with Crippen LogP contribution in [-0.2, 0) is 29.1 Å². The Balaban J connectivity index is 1.53. The number of carbonyl (C=O) groups excluding carboxylic acids is 4. The second-order valence-electron chi connectivity index (χ2n) is 10.2. The molecule has 1 saturated heterocycles. The number of allylic oxidation sites excluding steroid dienone is 1. The zero-order valence-corrected chi connectivity index (χ0v) is 21.6. The van der Waals surface area contributed by atoms with Gasteiger partial charge in [0.25, 0.3) is 5.91 Å². The molecule has 0 spiro atoms. The fraction of sp³-hybridized carbons (Fsp3) is 0.750. The van der Waals surface area contributed by atoms with Crippen LogP contribution in [-0.4, -0.2) is 79.8 Å². The SMILES string of the molecule is O=C(N[C@H]1CCCCC/C=C\[C@@H]2C[C@@]2(C(=O)NS(=O)(=O)C2CC2)NC(=O)[C@@H]2CCCN2C1=O)OCCF. The summed E-state index contributed by atoms with van der Waals surface area (Å²) in [5.41, 5.74) is -1.39. The first-order valence-electron chi connectivity index (χ1n) is 13.0. The normalized spacial score (nSPS) is 31.6. The lowest BCUT2D eigenvalue weighted by Gasteiger charge is -2.30. The Morgan fingerprint density at radius 2 is 1.92 bits per heavy atom. The summed E-state index contributed by atoms with van der Waals surface area (Å²) in [7, 11) is -3.80. The topological polar surface area (TPSA) is 151 Å². The van der Waals surface area contributed by atoms with Crippen molar-refractivity contribution in [3.8, 4) is 0 Å². The molecule has 37 heavy (non-hydrogen) atoms. The van der Waals surface area contributed by atoms with E-state index < -0.39 is 70.0 Å². The highest BCUT2D eigenvalue weighted by molar-refractivity contribution is 7.91. The number of carbonyl (C=O) groups is 4. The number of alkyl carbamates (subject to hydrolysis) is 1. The Morgan fingerprint density at radius 3 is 2.65 bits per heavy atom. The average Bonchev–Trinajstić information content (AvgIpc) is 3.77. The van der Waals surface area contributed by atoms with Crippen molar-refractivity contribution in [2.24, 2.45) is 5.92 Å². The molecule has 0 aromatic carbocycles. The minimum atomic E-state index is -3.80. The number of fused-ring (bicyclic) bond motifs is 2. The summed E-state index contributed by atoms with van der Waals surface area (Å²) in [6.07, 6.45) is 8.37. The fourth-order valence-corrected chi connectivity index (χ4v) is 6.45. The third-order valence-electron chi connectivity index (χ3n) is 7.44. The number of halogens is 1. The highest BCUT2D eigenvalue weighted by atomic mass is 32.2. The smallest absolute Gasteiger partial charge is 0.407 e. The molecule has 0 aromatic heterocycles. The van der Waals surface area contributed by atoms with Crippen molar-refractivity contribution in [1.82, 2.24) is 20.3 Å². The van der Waals surface area contributed by atoms with Gasteiger partial charge in [-0.2, -0.15) is 0 Å². The summed E-state index contributed by atoms with van der Waals surface area (Å²) in [6, 6.07) is -1.80. The Morgan fingerprint density at radius 1 is 1.14 bits per heavy atom. The van der Waals surface area contributed by atoms with Crippen LogP contribution < -0.4 is 15.4 Å². The van der Waals surface area contributed by atoms with Crippen molar-refractivity contribution < 1.29 is 36.7 Å². The van der Waals surface area contributed by atoms with E-state index in [1.807, 2.05) is 12.2 Å². The van der Waals surface area contributed by atoms with Crippen molar-refractivity contribution in [2.75, 3.05) is 19.8 Å². The summed E-state index contributed by atoms with van der Waals surface area (Å²) < 4.78 is 44.1. The standard InChI is InChI=1S/C24H35FN4O7S/c25-12-14-36-23(33)26-18-8-5-3-1-2-4-7-16-15-24(16,22(32)28-37(34,35)17-10-11-17)27-20(30)19-9-6-13-29(19)21(18)31/h4,7,16-19H,1-3,5-6,8-15H2,(H,26,33)(H,27,30)(H,28,32)/b7-4-/t16-,18+,19+,24-/m1/s1. The number of nitrogens with zero attached hydrogens (tertiary/aromatic N) is 1. The molecular weight excluding hydrogens is 507 g/mol. The minimum absolute atomic E-state index is 0.270. The maximum Gasteiger partial charge on any atom is 0.407 e. The van der Waals surface area contributed by atoms with Gasteiger partial charge in [0.1, 0.15) is 30.9 Å². The molecule has 0 radical (unpaired) electrons. The third kappa shape index (κ3) is 6.42. The van der Waals surface area contributed by atoms with Crippen LogP contribution in [0.3, 0.4) is 0 Å². The molecule has 4 amide bonds. The molecule has 3 N–H and O–H groups in total. The first kappa shape index (κ1) is 27.3. The minimum Gasteiger partial charge on any atom is -0.447 e. The van der Waals surface area contributed by atoms with Gasteiger partial charge in [0.2, 0.25) is 21.8 Å². The van der Waals surface area contributed by atoms with E-state index in [1.165, 1.54) is 4.90 Å². The van der Waals surface area contributed by atoms with Crippen LogP contribution in [0.5, 0.6) is 0 Å². The molecule has 2 aliphatic heterocycles. The van der Waals surface area contributed by atoms with Gasteiger partial charge in [-0.05, 0) is 51.4 Å². The van der Waals surface area contributed by atoms with Gasteiger partial charge in [0.05, 0.1) is 5.25 Å². The van der Waals surface area contributed by atoms with Crippen LogP contribution >= 0.6 is 0 Å². The summed E-state index contributed by atoms with van der Waals surface area (Å²) in [5, 5.41) is 4.71. The lowest BCUT2D eigenvalue weighted by Crippen LogP contribution is -2.58. The van der Waals surface area contributed by atoms with E-state index in [-0.39, 0.29) is 12.3 Å². The van der Waals surface area contributed by atoms with Crippen molar-refractivity contribution in [1.29, 1.82) is 0 Å². The van der Waals surface area contributed by atoms with E-state index in [9.17, 15) is 32.0 Å². The molecule has 4 rings (SSSR count). The van der Waals surface area contributed by atoms with E-state index >= 15 is 0 Å². The molecule has 0 unspecified atom stereocenters. The van der Waals surface area contributed by atoms with Gasteiger partial charge in [0, 0.05) is 12.5 Å². The molecule has 2 saturated carbocycles. The van der Waals surface area contributed by atoms with E-state index in [0.717, 1.165) is 12.8 Å². The Bertz CT molecular complexity index is 1050. The Kier molecular flexibility index (Phi) is 8.39. The third-order valence-corrected chi connectivity index (χ3v) is 9.25. The number of nitrogens with one attached hydrogen (secondary N) is 3. The van der Waals surface area contributed by atoms with Crippen LogP contribution in [0.2, 0.25) is 0 Å². The van der Waals surface area contributed by atoms with Crippen molar-refractivity contribution in [3.05, 3.63) is 12.2 Å². The number of ether oxygens (including phenoxy) is 1. The summed E-state index contributed by atoms with van der Waals surface area (Å²) in [5.74, 6) is -2.07. The lowest BCUT2D eigenvalue weighted by atomic mass is 10.1. The van der Waals surface area contributed by atoms with Gasteiger partial charge in [-0.1, -0.05) is 25.0 Å². The van der Waals surface area contributed by atoms with Crippen LogP contribution in [0.4, 0.5) is 9.18 Å². The molecular formula is C24H35FN4O7S. The number of hydrogen-bond acceptors (Lipinski definition) is 7. The molecule has 13 heteroatoms. The molecule has 0 aromatic rings. The van der Waals surface area contributed by atoms with E-state index in [2.05, 4.69) is 15.4 Å². The number of hydrogen-bond donors (Lipinski definition) is 3.